The van der Waals surface area contributed by atoms with E-state index in [-0.39, 0.29) is 6.54 Å². The van der Waals surface area contributed by atoms with Crippen molar-refractivity contribution in [3.63, 3.8) is 0 Å². The van der Waals surface area contributed by atoms with E-state index in [9.17, 15) is 9.59 Å². The maximum atomic E-state index is 11.9. The van der Waals surface area contributed by atoms with E-state index in [4.69, 9.17) is 5.11 Å². The summed E-state index contributed by atoms with van der Waals surface area (Å²) >= 11 is 0. The molecule has 2 aromatic rings. The van der Waals surface area contributed by atoms with Crippen LogP contribution in [-0.2, 0) is 4.79 Å². The highest BCUT2D eigenvalue weighted by atomic mass is 16.4. The van der Waals surface area contributed by atoms with Gasteiger partial charge in [-0.3, -0.25) is 4.79 Å². The fraction of sp³-hybridized carbons (Fsp3) is 0.250. The number of imide groups is 1. The smallest absolute Gasteiger partial charge is 0.414 e. The van der Waals surface area contributed by atoms with Crippen LogP contribution in [0.25, 0.3) is 11.4 Å². The normalized spacial score (nSPS) is 18.5. The van der Waals surface area contributed by atoms with E-state index >= 15 is 0 Å². The topological polar surface area (TPSA) is 101 Å². The van der Waals surface area contributed by atoms with Gasteiger partial charge in [0.05, 0.1) is 0 Å². The molecule has 1 fully saturated rings. The highest BCUT2D eigenvalue weighted by Gasteiger charge is 2.38. The van der Waals surface area contributed by atoms with Crippen LogP contribution in [-0.4, -0.2) is 48.8 Å². The van der Waals surface area contributed by atoms with Crippen LogP contribution in [0.1, 0.15) is 12.5 Å². The van der Waals surface area contributed by atoms with Gasteiger partial charge in [-0.15, -0.1) is 10.2 Å². The summed E-state index contributed by atoms with van der Waals surface area (Å²) in [7, 11) is 0. The predicted molar refractivity (Wildman–Crippen MR) is 66.6 cm³/mol. The molecule has 1 unspecified atom stereocenters. The minimum atomic E-state index is -1.25. The van der Waals surface area contributed by atoms with E-state index in [2.05, 4.69) is 15.4 Å². The van der Waals surface area contributed by atoms with Crippen molar-refractivity contribution in [1.82, 2.24) is 25.1 Å². The fourth-order valence-electron chi connectivity index (χ4n) is 2.13. The van der Waals surface area contributed by atoms with Crippen molar-refractivity contribution >= 4 is 12.0 Å². The maximum Gasteiger partial charge on any atom is 0.414 e. The van der Waals surface area contributed by atoms with Crippen LogP contribution in [0.4, 0.5) is 4.79 Å². The quantitative estimate of drug-likeness (QED) is 0.868. The first-order valence-electron chi connectivity index (χ1n) is 6.06. The third-order valence-electron chi connectivity index (χ3n) is 3.15. The van der Waals surface area contributed by atoms with Crippen LogP contribution in [0.3, 0.4) is 0 Å². The Hall–Kier alpha value is -2.77. The van der Waals surface area contributed by atoms with Crippen LogP contribution in [0.2, 0.25) is 0 Å². The van der Waals surface area contributed by atoms with Crippen molar-refractivity contribution in [2.45, 2.75) is 12.5 Å². The Bertz CT molecular complexity index is 654. The SMILES string of the molecule is O=C(O)N1CCC(n2nnc(-c3ccccc3)n2)C1=O. The molecule has 0 bridgehead atoms. The number of carboxylic acid groups (broad SMARTS) is 1. The number of hydrogen-bond acceptors (Lipinski definition) is 5. The van der Waals surface area contributed by atoms with Crippen molar-refractivity contribution < 1.29 is 14.7 Å². The Morgan fingerprint density at radius 2 is 2.05 bits per heavy atom. The van der Waals surface area contributed by atoms with Crippen molar-refractivity contribution in [2.75, 3.05) is 6.54 Å². The van der Waals surface area contributed by atoms with Gasteiger partial charge in [0, 0.05) is 12.1 Å². The zero-order valence-electron chi connectivity index (χ0n) is 10.4. The van der Waals surface area contributed by atoms with E-state index in [0.717, 1.165) is 10.5 Å². The molecular formula is C12H11N5O3. The van der Waals surface area contributed by atoms with Gasteiger partial charge in [-0.25, -0.2) is 9.69 Å². The molecule has 0 saturated carbocycles. The molecule has 0 spiro atoms. The van der Waals surface area contributed by atoms with E-state index in [1.807, 2.05) is 30.3 Å². The van der Waals surface area contributed by atoms with Crippen molar-refractivity contribution in [3.8, 4) is 11.4 Å². The van der Waals surface area contributed by atoms with Crippen molar-refractivity contribution in [3.05, 3.63) is 30.3 Å². The molecule has 1 aliphatic rings. The van der Waals surface area contributed by atoms with Gasteiger partial charge < -0.3 is 5.11 Å². The van der Waals surface area contributed by atoms with Crippen LogP contribution in [0.5, 0.6) is 0 Å². The zero-order valence-corrected chi connectivity index (χ0v) is 10.4. The van der Waals surface area contributed by atoms with Gasteiger partial charge in [0.25, 0.3) is 5.91 Å². The van der Waals surface area contributed by atoms with Gasteiger partial charge in [-0.2, -0.15) is 4.80 Å². The standard InChI is InChI=1S/C12H11N5O3/c18-11-9(6-7-16(11)12(19)20)17-14-10(13-15-17)8-4-2-1-3-5-8/h1-5,9H,6-7H2,(H,19,20). The van der Waals surface area contributed by atoms with E-state index < -0.39 is 18.0 Å². The molecule has 1 atom stereocenters. The number of aromatic nitrogens is 4. The van der Waals surface area contributed by atoms with E-state index in [1.54, 1.807) is 0 Å². The molecule has 1 aromatic carbocycles. The number of rotatable bonds is 2. The van der Waals surface area contributed by atoms with Gasteiger partial charge in [0.15, 0.2) is 6.04 Å². The van der Waals surface area contributed by atoms with Gasteiger partial charge in [0.2, 0.25) is 5.82 Å². The van der Waals surface area contributed by atoms with Gasteiger partial charge in [-0.1, -0.05) is 30.3 Å². The number of benzene rings is 1. The third-order valence-corrected chi connectivity index (χ3v) is 3.15. The summed E-state index contributed by atoms with van der Waals surface area (Å²) in [6, 6.07) is 8.55. The molecule has 102 valence electrons. The lowest BCUT2D eigenvalue weighted by atomic mass is 10.2. The summed E-state index contributed by atoms with van der Waals surface area (Å²) in [5, 5.41) is 20.8. The molecule has 1 saturated heterocycles. The Kier molecular flexibility index (Phi) is 2.90. The number of likely N-dealkylation sites (tertiary alicyclic amines) is 1. The summed E-state index contributed by atoms with van der Waals surface area (Å²) < 4.78 is 0. The molecule has 20 heavy (non-hydrogen) atoms. The summed E-state index contributed by atoms with van der Waals surface area (Å²) in [4.78, 5) is 24.7. The molecule has 0 radical (unpaired) electrons. The average Bonchev–Trinajstić information content (AvgIpc) is 3.06. The Morgan fingerprint density at radius 3 is 2.70 bits per heavy atom. The molecule has 0 aliphatic carbocycles. The maximum absolute atomic E-state index is 11.9. The molecule has 2 amide bonds. The van der Waals surface area contributed by atoms with Crippen molar-refractivity contribution in [2.24, 2.45) is 0 Å². The second-order valence-corrected chi connectivity index (χ2v) is 4.38. The van der Waals surface area contributed by atoms with Gasteiger partial charge >= 0.3 is 6.09 Å². The minimum absolute atomic E-state index is 0.154. The largest absolute Gasteiger partial charge is 0.465 e. The molecule has 3 rings (SSSR count). The monoisotopic (exact) mass is 273 g/mol. The highest BCUT2D eigenvalue weighted by Crippen LogP contribution is 2.22. The van der Waals surface area contributed by atoms with Crippen LogP contribution >= 0.6 is 0 Å². The Labute approximate surface area is 113 Å². The number of tetrazole rings is 1. The summed E-state index contributed by atoms with van der Waals surface area (Å²) in [5.41, 5.74) is 0.791. The Morgan fingerprint density at radius 1 is 1.30 bits per heavy atom. The molecule has 8 nitrogen and oxygen atoms in total. The number of hydrogen-bond donors (Lipinski definition) is 1. The third kappa shape index (κ3) is 2.00. The predicted octanol–water partition coefficient (Wildman–Crippen LogP) is 0.792. The zero-order chi connectivity index (χ0) is 14.1. The number of carbonyl (C=O) groups excluding carboxylic acids is 1. The summed E-state index contributed by atoms with van der Waals surface area (Å²) in [5.74, 6) is -0.110. The van der Waals surface area contributed by atoms with Crippen LogP contribution in [0.15, 0.2) is 30.3 Å². The van der Waals surface area contributed by atoms with Crippen LogP contribution < -0.4 is 0 Å². The second-order valence-electron chi connectivity index (χ2n) is 4.38. The molecular weight excluding hydrogens is 262 g/mol. The molecule has 1 N–H and O–H groups in total. The van der Waals surface area contributed by atoms with E-state index in [1.165, 1.54) is 4.80 Å². The number of nitrogens with zero attached hydrogens (tertiary/aromatic N) is 5. The molecule has 8 heteroatoms. The first-order chi connectivity index (χ1) is 9.66. The number of amides is 2. The average molecular weight is 273 g/mol. The first-order valence-corrected chi connectivity index (χ1v) is 6.06. The van der Waals surface area contributed by atoms with Gasteiger partial charge in [0.1, 0.15) is 0 Å². The molecule has 1 aromatic heterocycles. The van der Waals surface area contributed by atoms with Gasteiger partial charge in [-0.05, 0) is 11.6 Å². The Balaban J connectivity index is 1.85. The highest BCUT2D eigenvalue weighted by molar-refractivity contribution is 5.95. The van der Waals surface area contributed by atoms with E-state index in [0.29, 0.717) is 12.2 Å². The fourth-order valence-corrected chi connectivity index (χ4v) is 2.13. The lowest BCUT2D eigenvalue weighted by Crippen LogP contribution is -2.33. The lowest BCUT2D eigenvalue weighted by Gasteiger charge is -2.09. The summed E-state index contributed by atoms with van der Waals surface area (Å²) in [6.45, 7) is 0.154. The van der Waals surface area contributed by atoms with Crippen LogP contribution in [0, 0.1) is 0 Å². The number of carbonyl (C=O) groups is 2. The van der Waals surface area contributed by atoms with Crippen molar-refractivity contribution in [1.29, 1.82) is 0 Å². The second kappa shape index (κ2) is 4.72. The first kappa shape index (κ1) is 12.3. The summed E-state index contributed by atoms with van der Waals surface area (Å²) in [6.07, 6.45) is -0.892. The molecule has 2 heterocycles. The minimum Gasteiger partial charge on any atom is -0.465 e. The molecule has 1 aliphatic heterocycles. The lowest BCUT2D eigenvalue weighted by molar-refractivity contribution is -0.129.